The lowest BCUT2D eigenvalue weighted by molar-refractivity contribution is -0.137. The van der Waals surface area contributed by atoms with Gasteiger partial charge in [0.1, 0.15) is 5.82 Å². The summed E-state index contributed by atoms with van der Waals surface area (Å²) in [6.45, 7) is 4.40. The highest BCUT2D eigenvalue weighted by Gasteiger charge is 2.37. The standard InChI is InChI=1S/C28H29F3N8O/c1-3-5-8-20-18-39(26-24(28(29,30)31)12-15-37(26)14-4-2)27(40)38(20)17-19-16-32-13-11-21(19)22-9-6-7-10-23(22)25-33-35-36-34-25/h6-7,9-13,15-16,18H,3-5,8,14,17H2,1-2H3,(H,33,34,35,36). The second-order valence-corrected chi connectivity index (χ2v) is 9.54. The number of nitrogens with zero attached hydrogens (tertiary/aromatic N) is 7. The van der Waals surface area contributed by atoms with Gasteiger partial charge in [-0.3, -0.25) is 14.1 Å². The number of pyridine rings is 1. The van der Waals surface area contributed by atoms with Gasteiger partial charge < -0.3 is 4.57 Å². The van der Waals surface area contributed by atoms with Gasteiger partial charge in [-0.05, 0) is 58.5 Å². The largest absolute Gasteiger partial charge is 0.419 e. The molecule has 208 valence electrons. The summed E-state index contributed by atoms with van der Waals surface area (Å²) in [6.07, 6.45) is 4.51. The van der Waals surface area contributed by atoms with Crippen molar-refractivity contribution in [2.24, 2.45) is 0 Å². The van der Waals surface area contributed by atoms with Crippen LogP contribution < -0.4 is 5.69 Å². The Balaban J connectivity index is 1.65. The molecule has 1 aromatic carbocycles. The quantitative estimate of drug-likeness (QED) is 0.248. The molecule has 4 heterocycles. The van der Waals surface area contributed by atoms with Crippen LogP contribution in [0.4, 0.5) is 13.2 Å². The first-order valence-electron chi connectivity index (χ1n) is 13.2. The molecule has 5 aromatic rings. The van der Waals surface area contributed by atoms with Crippen LogP contribution in [0.25, 0.3) is 28.3 Å². The minimum atomic E-state index is -4.60. The smallest absolute Gasteiger partial charge is 0.334 e. The molecule has 0 atom stereocenters. The number of benzene rings is 1. The van der Waals surface area contributed by atoms with Crippen molar-refractivity contribution in [1.82, 2.24) is 39.3 Å². The first-order valence-corrected chi connectivity index (χ1v) is 13.2. The molecule has 0 aliphatic heterocycles. The number of halogens is 3. The molecule has 0 fully saturated rings. The van der Waals surface area contributed by atoms with E-state index in [2.05, 4.69) is 25.6 Å². The van der Waals surface area contributed by atoms with Crippen LogP contribution in [0.1, 0.15) is 49.9 Å². The molecule has 0 aliphatic carbocycles. The van der Waals surface area contributed by atoms with Crippen molar-refractivity contribution in [2.75, 3.05) is 0 Å². The molecule has 0 amide bonds. The number of aromatic nitrogens is 8. The van der Waals surface area contributed by atoms with E-state index in [9.17, 15) is 18.0 Å². The Morgan fingerprint density at radius 3 is 2.50 bits per heavy atom. The summed E-state index contributed by atoms with van der Waals surface area (Å²) in [7, 11) is 0. The van der Waals surface area contributed by atoms with E-state index < -0.39 is 17.4 Å². The SMILES string of the molecule is CCCCc1cn(-c2c(C(F)(F)F)ccn2CCC)c(=O)n1Cc1cnccc1-c1ccccc1-c1nnn[nH]1. The van der Waals surface area contributed by atoms with Gasteiger partial charge in [0.2, 0.25) is 0 Å². The molecule has 1 N–H and O–H groups in total. The number of alkyl halides is 3. The van der Waals surface area contributed by atoms with E-state index >= 15 is 0 Å². The molecule has 4 aromatic heterocycles. The summed E-state index contributed by atoms with van der Waals surface area (Å²) in [5.74, 6) is 0.326. The van der Waals surface area contributed by atoms with Crippen LogP contribution in [-0.4, -0.2) is 39.3 Å². The fourth-order valence-corrected chi connectivity index (χ4v) is 4.96. The zero-order chi connectivity index (χ0) is 28.3. The normalized spacial score (nSPS) is 11.8. The van der Waals surface area contributed by atoms with E-state index in [1.807, 2.05) is 44.2 Å². The van der Waals surface area contributed by atoms with Gasteiger partial charge in [-0.2, -0.15) is 13.2 Å². The number of hydrogen-bond acceptors (Lipinski definition) is 5. The third-order valence-electron chi connectivity index (χ3n) is 6.83. The molecule has 0 bridgehead atoms. The van der Waals surface area contributed by atoms with Gasteiger partial charge in [-0.25, -0.2) is 9.89 Å². The average molecular weight is 551 g/mol. The fourth-order valence-electron chi connectivity index (χ4n) is 4.96. The first-order chi connectivity index (χ1) is 19.3. The number of rotatable bonds is 10. The monoisotopic (exact) mass is 550 g/mol. The predicted molar refractivity (Wildman–Crippen MR) is 144 cm³/mol. The number of aryl methyl sites for hydroxylation is 2. The van der Waals surface area contributed by atoms with E-state index in [-0.39, 0.29) is 12.4 Å². The molecule has 0 radical (unpaired) electrons. The van der Waals surface area contributed by atoms with Gasteiger partial charge in [-0.15, -0.1) is 5.10 Å². The van der Waals surface area contributed by atoms with Crippen LogP contribution in [0.5, 0.6) is 0 Å². The molecule has 5 rings (SSSR count). The van der Waals surface area contributed by atoms with Gasteiger partial charge in [-0.1, -0.05) is 44.5 Å². The Labute approximate surface area is 228 Å². The van der Waals surface area contributed by atoms with Crippen molar-refractivity contribution in [3.8, 4) is 28.3 Å². The maximum atomic E-state index is 14.0. The average Bonchev–Trinajstić information content (AvgIpc) is 3.69. The molecular formula is C28H29F3N8O. The lowest BCUT2D eigenvalue weighted by atomic mass is 9.96. The van der Waals surface area contributed by atoms with Crippen LogP contribution in [0, 0.1) is 0 Å². The summed E-state index contributed by atoms with van der Waals surface area (Å²) in [6, 6.07) is 10.5. The van der Waals surface area contributed by atoms with Crippen molar-refractivity contribution in [3.05, 3.63) is 88.5 Å². The lowest BCUT2D eigenvalue weighted by Gasteiger charge is -2.14. The van der Waals surface area contributed by atoms with E-state index in [1.54, 1.807) is 23.2 Å². The van der Waals surface area contributed by atoms with Gasteiger partial charge in [0, 0.05) is 42.6 Å². The highest BCUT2D eigenvalue weighted by Crippen LogP contribution is 2.35. The number of imidazole rings is 1. The third-order valence-corrected chi connectivity index (χ3v) is 6.83. The van der Waals surface area contributed by atoms with Crippen molar-refractivity contribution in [1.29, 1.82) is 0 Å². The highest BCUT2D eigenvalue weighted by atomic mass is 19.4. The van der Waals surface area contributed by atoms with Crippen molar-refractivity contribution >= 4 is 0 Å². The third kappa shape index (κ3) is 5.21. The van der Waals surface area contributed by atoms with E-state index in [1.165, 1.54) is 10.8 Å². The molecular weight excluding hydrogens is 521 g/mol. The summed E-state index contributed by atoms with van der Waals surface area (Å²) in [5.41, 5.74) is 2.44. The van der Waals surface area contributed by atoms with E-state index in [0.717, 1.165) is 45.7 Å². The van der Waals surface area contributed by atoms with Gasteiger partial charge in [0.05, 0.1) is 12.1 Å². The predicted octanol–water partition coefficient (Wildman–Crippen LogP) is 5.50. The Hall–Kier alpha value is -4.48. The van der Waals surface area contributed by atoms with E-state index in [4.69, 9.17) is 0 Å². The molecule has 0 unspecified atom stereocenters. The molecule has 0 saturated carbocycles. The molecule has 0 saturated heterocycles. The van der Waals surface area contributed by atoms with Crippen LogP contribution in [0.2, 0.25) is 0 Å². The molecule has 0 spiro atoms. The second-order valence-electron chi connectivity index (χ2n) is 9.54. The number of nitrogens with one attached hydrogen (secondary N) is 1. The zero-order valence-corrected chi connectivity index (χ0v) is 22.2. The Morgan fingerprint density at radius 2 is 1.80 bits per heavy atom. The van der Waals surface area contributed by atoms with Gasteiger partial charge >= 0.3 is 11.9 Å². The van der Waals surface area contributed by atoms with Crippen molar-refractivity contribution in [3.63, 3.8) is 0 Å². The number of hydrogen-bond donors (Lipinski definition) is 1. The van der Waals surface area contributed by atoms with Gasteiger partial charge in [0.25, 0.3) is 0 Å². The maximum absolute atomic E-state index is 14.0. The second kappa shape index (κ2) is 11.3. The Morgan fingerprint density at radius 1 is 1.00 bits per heavy atom. The van der Waals surface area contributed by atoms with Crippen LogP contribution >= 0.6 is 0 Å². The number of H-pyrrole nitrogens is 1. The molecule has 0 aliphatic rings. The molecule has 40 heavy (non-hydrogen) atoms. The summed E-state index contributed by atoms with van der Waals surface area (Å²) in [4.78, 5) is 18.2. The van der Waals surface area contributed by atoms with Crippen LogP contribution in [-0.2, 0) is 25.7 Å². The van der Waals surface area contributed by atoms with Crippen LogP contribution in [0.15, 0.2) is 66.0 Å². The van der Waals surface area contributed by atoms with E-state index in [0.29, 0.717) is 30.9 Å². The van der Waals surface area contributed by atoms with Crippen molar-refractivity contribution in [2.45, 2.75) is 58.8 Å². The first kappa shape index (κ1) is 27.1. The topological polar surface area (TPSA) is 99.2 Å². The molecule has 9 nitrogen and oxygen atoms in total. The fraction of sp³-hybridized carbons (Fsp3) is 0.321. The summed E-state index contributed by atoms with van der Waals surface area (Å²) in [5, 5.41) is 14.2. The van der Waals surface area contributed by atoms with Crippen molar-refractivity contribution < 1.29 is 13.2 Å². The minimum Gasteiger partial charge on any atom is -0.334 e. The number of unbranched alkanes of at least 4 members (excludes halogenated alkanes) is 1. The summed E-state index contributed by atoms with van der Waals surface area (Å²) >= 11 is 0. The maximum Gasteiger partial charge on any atom is 0.419 e. The lowest BCUT2D eigenvalue weighted by Crippen LogP contribution is -2.27. The zero-order valence-electron chi connectivity index (χ0n) is 22.2. The minimum absolute atomic E-state index is 0.132. The Bertz CT molecular complexity index is 1650. The summed E-state index contributed by atoms with van der Waals surface area (Å²) < 4.78 is 46.2. The van der Waals surface area contributed by atoms with Crippen LogP contribution in [0.3, 0.4) is 0 Å². The Kier molecular flexibility index (Phi) is 7.67. The molecule has 12 heteroatoms. The highest BCUT2D eigenvalue weighted by molar-refractivity contribution is 5.81. The number of aromatic amines is 1. The number of tetrazole rings is 1. The van der Waals surface area contributed by atoms with Gasteiger partial charge in [0.15, 0.2) is 5.82 Å².